The standard InChI is InChI=1S/C50H94O6/c1-4-7-10-13-15-17-19-21-23-24-25-27-28-30-32-34-37-40-43-49(52)55-46-47(45-54-48(51)42-39-36-12-9-6-3)56-50(53)44-41-38-35-33-31-29-26-22-20-18-16-14-11-8-5-2/h22,26,47H,4-21,23-25,27-46H2,1-3H3/b26-22-. The minimum absolute atomic E-state index is 0.0697. The number of carbonyl (C=O) groups is 3. The van der Waals surface area contributed by atoms with E-state index in [9.17, 15) is 14.4 Å². The number of esters is 3. The molecule has 6 heteroatoms. The van der Waals surface area contributed by atoms with Gasteiger partial charge in [-0.2, -0.15) is 0 Å². The molecule has 0 saturated heterocycles. The smallest absolute Gasteiger partial charge is 0.306 e. The second-order valence-corrected chi connectivity index (χ2v) is 16.7. The van der Waals surface area contributed by atoms with Gasteiger partial charge in [-0.25, -0.2) is 0 Å². The van der Waals surface area contributed by atoms with E-state index in [4.69, 9.17) is 14.2 Å². The molecule has 1 unspecified atom stereocenters. The van der Waals surface area contributed by atoms with Crippen LogP contribution in [0.3, 0.4) is 0 Å². The van der Waals surface area contributed by atoms with E-state index in [2.05, 4.69) is 32.9 Å². The van der Waals surface area contributed by atoms with Crippen LogP contribution in [-0.2, 0) is 28.6 Å². The van der Waals surface area contributed by atoms with Crippen LogP contribution in [0.2, 0.25) is 0 Å². The highest BCUT2D eigenvalue weighted by atomic mass is 16.6. The maximum atomic E-state index is 12.7. The molecule has 0 amide bonds. The van der Waals surface area contributed by atoms with Crippen molar-refractivity contribution in [3.05, 3.63) is 12.2 Å². The molecule has 0 aromatic heterocycles. The molecule has 0 spiro atoms. The third-order valence-corrected chi connectivity index (χ3v) is 11.0. The molecule has 0 aromatic carbocycles. The minimum atomic E-state index is -0.765. The van der Waals surface area contributed by atoms with Crippen molar-refractivity contribution in [1.29, 1.82) is 0 Å². The largest absolute Gasteiger partial charge is 0.462 e. The Hall–Kier alpha value is -1.85. The SMILES string of the molecule is CCCCCCCC/C=C\CCCCCCCC(=O)OC(COC(=O)CCCCCCC)COC(=O)CCCCCCCCCCCCCCCCCCCC. The number of carbonyl (C=O) groups excluding carboxylic acids is 3. The summed E-state index contributed by atoms with van der Waals surface area (Å²) in [5, 5.41) is 0. The van der Waals surface area contributed by atoms with Crippen LogP contribution in [0.15, 0.2) is 12.2 Å². The third kappa shape index (κ3) is 43.3. The van der Waals surface area contributed by atoms with Crippen LogP contribution < -0.4 is 0 Å². The first-order valence-corrected chi connectivity index (χ1v) is 24.7. The van der Waals surface area contributed by atoms with Crippen molar-refractivity contribution in [2.45, 2.75) is 277 Å². The van der Waals surface area contributed by atoms with Crippen molar-refractivity contribution in [3.63, 3.8) is 0 Å². The van der Waals surface area contributed by atoms with E-state index in [1.807, 2.05) is 0 Å². The maximum Gasteiger partial charge on any atom is 0.306 e. The molecule has 0 rings (SSSR count). The molecule has 6 nitrogen and oxygen atoms in total. The molecule has 0 N–H and O–H groups in total. The van der Waals surface area contributed by atoms with Crippen LogP contribution in [0.25, 0.3) is 0 Å². The molecule has 1 atom stereocenters. The van der Waals surface area contributed by atoms with Crippen LogP contribution in [0.5, 0.6) is 0 Å². The van der Waals surface area contributed by atoms with E-state index in [0.717, 1.165) is 70.6 Å². The fourth-order valence-electron chi connectivity index (χ4n) is 7.26. The summed E-state index contributed by atoms with van der Waals surface area (Å²) in [6.07, 6.45) is 49.4. The fourth-order valence-corrected chi connectivity index (χ4v) is 7.26. The lowest BCUT2D eigenvalue weighted by Gasteiger charge is -2.18. The first-order chi connectivity index (χ1) is 27.5. The van der Waals surface area contributed by atoms with Gasteiger partial charge in [-0.05, 0) is 44.9 Å². The molecule has 0 radical (unpaired) electrons. The van der Waals surface area contributed by atoms with Gasteiger partial charge in [-0.3, -0.25) is 14.4 Å². The minimum Gasteiger partial charge on any atom is -0.462 e. The second kappa shape index (κ2) is 45.8. The molecule has 0 fully saturated rings. The summed E-state index contributed by atoms with van der Waals surface area (Å²) in [4.78, 5) is 37.6. The maximum absolute atomic E-state index is 12.7. The topological polar surface area (TPSA) is 78.9 Å². The van der Waals surface area contributed by atoms with E-state index < -0.39 is 6.10 Å². The van der Waals surface area contributed by atoms with Gasteiger partial charge in [0.15, 0.2) is 6.10 Å². The lowest BCUT2D eigenvalue weighted by Crippen LogP contribution is -2.30. The first-order valence-electron chi connectivity index (χ1n) is 24.7. The van der Waals surface area contributed by atoms with Gasteiger partial charge in [0.05, 0.1) is 0 Å². The molecule has 0 heterocycles. The molecular formula is C50H94O6. The zero-order valence-electron chi connectivity index (χ0n) is 37.7. The molecular weight excluding hydrogens is 697 g/mol. The molecule has 0 aliphatic carbocycles. The van der Waals surface area contributed by atoms with Crippen molar-refractivity contribution in [3.8, 4) is 0 Å². The highest BCUT2D eigenvalue weighted by Crippen LogP contribution is 2.16. The lowest BCUT2D eigenvalue weighted by molar-refractivity contribution is -0.167. The average molecular weight is 791 g/mol. The summed E-state index contributed by atoms with van der Waals surface area (Å²) in [7, 11) is 0. The van der Waals surface area contributed by atoms with E-state index in [1.165, 1.54) is 161 Å². The van der Waals surface area contributed by atoms with Crippen LogP contribution in [0.4, 0.5) is 0 Å². The molecule has 0 bridgehead atoms. The average Bonchev–Trinajstić information content (AvgIpc) is 3.19. The summed E-state index contributed by atoms with van der Waals surface area (Å²) in [6, 6.07) is 0. The zero-order valence-corrected chi connectivity index (χ0v) is 37.7. The number of ether oxygens (including phenoxy) is 3. The molecule has 0 aliphatic heterocycles. The van der Waals surface area contributed by atoms with E-state index in [0.29, 0.717) is 19.3 Å². The van der Waals surface area contributed by atoms with Crippen molar-refractivity contribution >= 4 is 17.9 Å². The van der Waals surface area contributed by atoms with Crippen LogP contribution in [0, 0.1) is 0 Å². The first kappa shape index (κ1) is 54.2. The molecule has 56 heavy (non-hydrogen) atoms. The van der Waals surface area contributed by atoms with Gasteiger partial charge in [-0.1, -0.05) is 219 Å². The van der Waals surface area contributed by atoms with Gasteiger partial charge >= 0.3 is 17.9 Å². The number of rotatable bonds is 45. The molecule has 0 saturated carbocycles. The Morgan fingerprint density at radius 1 is 0.339 bits per heavy atom. The summed E-state index contributed by atoms with van der Waals surface area (Å²) in [5.74, 6) is -0.880. The Morgan fingerprint density at radius 2 is 0.589 bits per heavy atom. The zero-order chi connectivity index (χ0) is 40.8. The van der Waals surface area contributed by atoms with Gasteiger partial charge in [0.1, 0.15) is 13.2 Å². The van der Waals surface area contributed by atoms with Crippen LogP contribution >= 0.6 is 0 Å². The van der Waals surface area contributed by atoms with Crippen LogP contribution in [-0.4, -0.2) is 37.2 Å². The number of allylic oxidation sites excluding steroid dienone is 2. The molecule has 0 aromatic rings. The summed E-state index contributed by atoms with van der Waals surface area (Å²) in [5.41, 5.74) is 0. The number of unbranched alkanes of at least 4 members (excludes halogenated alkanes) is 32. The highest BCUT2D eigenvalue weighted by Gasteiger charge is 2.19. The lowest BCUT2D eigenvalue weighted by atomic mass is 10.0. The monoisotopic (exact) mass is 791 g/mol. The number of hydrogen-bond acceptors (Lipinski definition) is 6. The molecule has 330 valence electrons. The van der Waals surface area contributed by atoms with Crippen LogP contribution in [0.1, 0.15) is 271 Å². The van der Waals surface area contributed by atoms with Crippen molar-refractivity contribution < 1.29 is 28.6 Å². The van der Waals surface area contributed by atoms with E-state index in [-0.39, 0.29) is 31.1 Å². The quantitative estimate of drug-likeness (QED) is 0.0264. The van der Waals surface area contributed by atoms with E-state index in [1.54, 1.807) is 0 Å². The molecule has 0 aliphatic rings. The second-order valence-electron chi connectivity index (χ2n) is 16.7. The van der Waals surface area contributed by atoms with Crippen molar-refractivity contribution in [2.75, 3.05) is 13.2 Å². The third-order valence-electron chi connectivity index (χ3n) is 11.0. The Morgan fingerprint density at radius 3 is 0.893 bits per heavy atom. The highest BCUT2D eigenvalue weighted by molar-refractivity contribution is 5.71. The fraction of sp³-hybridized carbons (Fsp3) is 0.900. The Bertz CT molecular complexity index is 870. The Labute approximate surface area is 348 Å². The summed E-state index contributed by atoms with van der Waals surface area (Å²) in [6.45, 7) is 6.57. The van der Waals surface area contributed by atoms with Gasteiger partial charge < -0.3 is 14.2 Å². The Balaban J connectivity index is 4.14. The van der Waals surface area contributed by atoms with Gasteiger partial charge in [-0.15, -0.1) is 0 Å². The predicted molar refractivity (Wildman–Crippen MR) is 238 cm³/mol. The summed E-state index contributed by atoms with van der Waals surface area (Å²) >= 11 is 0. The summed E-state index contributed by atoms with van der Waals surface area (Å²) < 4.78 is 16.6. The van der Waals surface area contributed by atoms with Crippen molar-refractivity contribution in [2.24, 2.45) is 0 Å². The van der Waals surface area contributed by atoms with Gasteiger partial charge in [0.25, 0.3) is 0 Å². The van der Waals surface area contributed by atoms with Gasteiger partial charge in [0.2, 0.25) is 0 Å². The number of hydrogen-bond donors (Lipinski definition) is 0. The predicted octanol–water partition coefficient (Wildman–Crippen LogP) is 15.8. The van der Waals surface area contributed by atoms with Gasteiger partial charge in [0, 0.05) is 19.3 Å². The van der Waals surface area contributed by atoms with Crippen molar-refractivity contribution in [1.82, 2.24) is 0 Å². The Kier molecular flexibility index (Phi) is 44.3. The van der Waals surface area contributed by atoms with E-state index >= 15 is 0 Å². The normalized spacial score (nSPS) is 12.0.